The van der Waals surface area contributed by atoms with E-state index in [9.17, 15) is 19.2 Å². The van der Waals surface area contributed by atoms with E-state index in [1.54, 1.807) is 36.5 Å². The van der Waals surface area contributed by atoms with Crippen LogP contribution in [0.15, 0.2) is 42.6 Å². The van der Waals surface area contributed by atoms with Gasteiger partial charge >= 0.3 is 6.03 Å². The summed E-state index contributed by atoms with van der Waals surface area (Å²) in [5, 5.41) is 14.6. The predicted molar refractivity (Wildman–Crippen MR) is 109 cm³/mol. The third-order valence-corrected chi connectivity index (χ3v) is 4.09. The van der Waals surface area contributed by atoms with Crippen molar-refractivity contribution in [2.45, 2.75) is 20.0 Å². The molecule has 11 nitrogen and oxygen atoms in total. The van der Waals surface area contributed by atoms with Crippen LogP contribution in [0.1, 0.15) is 28.5 Å². The lowest BCUT2D eigenvalue weighted by atomic mass is 10.1. The minimum atomic E-state index is -0.477. The zero-order chi connectivity index (χ0) is 22.8. The monoisotopic (exact) mass is 427 g/mol. The Bertz CT molecular complexity index is 976. The van der Waals surface area contributed by atoms with E-state index in [0.29, 0.717) is 30.0 Å². The van der Waals surface area contributed by atoms with Crippen LogP contribution in [0, 0.1) is 0 Å². The zero-order valence-electron chi connectivity index (χ0n) is 16.6. The van der Waals surface area contributed by atoms with Crippen molar-refractivity contribution >= 4 is 35.9 Å². The molecule has 0 aliphatic carbocycles. The fourth-order valence-electron chi connectivity index (χ4n) is 2.68. The Morgan fingerprint density at radius 1 is 1.16 bits per heavy atom. The van der Waals surface area contributed by atoms with Gasteiger partial charge in [-0.25, -0.2) is 4.79 Å². The number of rotatable bonds is 6. The molecular weight excluding hydrogens is 406 g/mol. The van der Waals surface area contributed by atoms with Crippen LogP contribution >= 0.6 is 0 Å². The maximum atomic E-state index is 12.3. The third kappa shape index (κ3) is 6.92. The van der Waals surface area contributed by atoms with Crippen LogP contribution in [0.25, 0.3) is 0 Å². The summed E-state index contributed by atoms with van der Waals surface area (Å²) in [6, 6.07) is 9.53. The number of hydrogen-bond donors (Lipinski definition) is 4. The lowest BCUT2D eigenvalue weighted by molar-refractivity contribution is -0.123. The number of carbonyl (C=O) groups is 5. The van der Waals surface area contributed by atoms with Crippen LogP contribution in [0.5, 0.6) is 0 Å². The number of hydrogen-bond acceptors (Lipinski definition) is 6. The van der Waals surface area contributed by atoms with E-state index in [-0.39, 0.29) is 30.7 Å². The molecule has 1 aliphatic rings. The molecule has 0 bridgehead atoms. The van der Waals surface area contributed by atoms with E-state index in [0.717, 1.165) is 5.56 Å². The lowest BCUT2D eigenvalue weighted by Gasteiger charge is -2.13. The van der Waals surface area contributed by atoms with Gasteiger partial charge in [-0.1, -0.05) is 0 Å². The first kappa shape index (κ1) is 23.0. The summed E-state index contributed by atoms with van der Waals surface area (Å²) in [5.74, 6) is -0.768. The van der Waals surface area contributed by atoms with E-state index in [1.165, 1.54) is 11.8 Å². The molecule has 1 aromatic carbocycles. The Morgan fingerprint density at radius 2 is 1.84 bits per heavy atom. The molecule has 1 aromatic heterocycles. The molecular formula is C20H21N5O6. The standard InChI is InChI=1S/C19H19N5O4.CH2O2/c1-12(25)21-10-15-8-13(6-7-20-15)9-22-18(27)14-2-4-16(5-3-14)24-11-17(26)23-19(24)28;2-1-3/h2-8H,9-11H2,1H3,(H,21,25)(H,22,27)(H,23,26,28);1H,(H,2,3). The smallest absolute Gasteiger partial charge is 0.329 e. The summed E-state index contributed by atoms with van der Waals surface area (Å²) < 4.78 is 0. The molecule has 0 radical (unpaired) electrons. The molecule has 11 heteroatoms. The molecule has 1 saturated heterocycles. The summed E-state index contributed by atoms with van der Waals surface area (Å²) in [6.07, 6.45) is 1.62. The highest BCUT2D eigenvalue weighted by Crippen LogP contribution is 2.17. The number of pyridine rings is 1. The van der Waals surface area contributed by atoms with Gasteiger partial charge in [0.15, 0.2) is 0 Å². The largest absolute Gasteiger partial charge is 0.483 e. The Morgan fingerprint density at radius 3 is 2.42 bits per heavy atom. The van der Waals surface area contributed by atoms with Crippen LogP contribution in [-0.4, -0.2) is 46.9 Å². The van der Waals surface area contributed by atoms with Crippen molar-refractivity contribution in [2.24, 2.45) is 0 Å². The van der Waals surface area contributed by atoms with Gasteiger partial charge in [0, 0.05) is 30.9 Å². The van der Waals surface area contributed by atoms with E-state index >= 15 is 0 Å². The quantitative estimate of drug-likeness (QED) is 0.384. The van der Waals surface area contributed by atoms with Gasteiger partial charge in [0.2, 0.25) is 11.8 Å². The first-order chi connectivity index (χ1) is 14.8. The van der Waals surface area contributed by atoms with Crippen molar-refractivity contribution in [3.8, 4) is 0 Å². The molecule has 0 unspecified atom stereocenters. The van der Waals surface area contributed by atoms with Gasteiger partial charge in [0.1, 0.15) is 6.54 Å². The number of carbonyl (C=O) groups excluding carboxylic acids is 4. The molecule has 1 fully saturated rings. The molecule has 4 N–H and O–H groups in total. The van der Waals surface area contributed by atoms with Crippen LogP contribution < -0.4 is 20.9 Å². The van der Waals surface area contributed by atoms with Crippen molar-refractivity contribution in [1.82, 2.24) is 20.9 Å². The number of imide groups is 1. The lowest BCUT2D eigenvalue weighted by Crippen LogP contribution is -2.28. The molecule has 2 heterocycles. The van der Waals surface area contributed by atoms with Gasteiger partial charge in [-0.05, 0) is 42.0 Å². The Balaban J connectivity index is 0.00000107. The first-order valence-corrected chi connectivity index (χ1v) is 9.09. The molecule has 31 heavy (non-hydrogen) atoms. The highest BCUT2D eigenvalue weighted by atomic mass is 16.3. The van der Waals surface area contributed by atoms with Gasteiger partial charge in [-0.15, -0.1) is 0 Å². The highest BCUT2D eigenvalue weighted by Gasteiger charge is 2.27. The average molecular weight is 427 g/mol. The van der Waals surface area contributed by atoms with Crippen molar-refractivity contribution in [1.29, 1.82) is 0 Å². The van der Waals surface area contributed by atoms with E-state index in [4.69, 9.17) is 9.90 Å². The van der Waals surface area contributed by atoms with Crippen LogP contribution in [0.3, 0.4) is 0 Å². The van der Waals surface area contributed by atoms with Gasteiger partial charge in [-0.3, -0.25) is 34.4 Å². The third-order valence-electron chi connectivity index (χ3n) is 4.09. The molecule has 5 amide bonds. The number of amides is 5. The second-order valence-corrected chi connectivity index (χ2v) is 6.34. The highest BCUT2D eigenvalue weighted by molar-refractivity contribution is 6.12. The van der Waals surface area contributed by atoms with Crippen LogP contribution in [-0.2, 0) is 27.5 Å². The number of aromatic nitrogens is 1. The Hall–Kier alpha value is -4.28. The molecule has 0 spiro atoms. The minimum Gasteiger partial charge on any atom is -0.483 e. The molecule has 0 saturated carbocycles. The maximum Gasteiger partial charge on any atom is 0.329 e. The summed E-state index contributed by atoms with van der Waals surface area (Å²) in [4.78, 5) is 60.1. The van der Waals surface area contributed by atoms with Gasteiger partial charge < -0.3 is 15.7 Å². The number of benzene rings is 1. The SMILES string of the molecule is CC(=O)NCc1cc(CNC(=O)c2ccc(N3CC(=O)NC3=O)cc2)ccn1.O=CO. The predicted octanol–water partition coefficient (Wildman–Crippen LogP) is 0.405. The van der Waals surface area contributed by atoms with E-state index in [2.05, 4.69) is 20.9 Å². The number of carboxylic acid groups (broad SMARTS) is 1. The number of urea groups is 1. The summed E-state index contributed by atoms with van der Waals surface area (Å²) >= 11 is 0. The van der Waals surface area contributed by atoms with E-state index < -0.39 is 6.03 Å². The Labute approximate surface area is 177 Å². The van der Waals surface area contributed by atoms with Crippen LogP contribution in [0.4, 0.5) is 10.5 Å². The van der Waals surface area contributed by atoms with Gasteiger partial charge in [-0.2, -0.15) is 0 Å². The Kier molecular flexibility index (Phi) is 8.20. The second-order valence-electron chi connectivity index (χ2n) is 6.34. The zero-order valence-corrected chi connectivity index (χ0v) is 16.6. The van der Waals surface area contributed by atoms with Crippen molar-refractivity contribution in [2.75, 3.05) is 11.4 Å². The van der Waals surface area contributed by atoms with Crippen LogP contribution in [0.2, 0.25) is 0 Å². The van der Waals surface area contributed by atoms with E-state index in [1.807, 2.05) is 6.07 Å². The van der Waals surface area contributed by atoms with Gasteiger partial charge in [0.05, 0.1) is 12.2 Å². The first-order valence-electron chi connectivity index (χ1n) is 9.09. The molecule has 3 rings (SSSR count). The molecule has 2 aromatic rings. The second kappa shape index (κ2) is 11.0. The number of nitrogens with one attached hydrogen (secondary N) is 3. The van der Waals surface area contributed by atoms with Crippen molar-refractivity contribution in [3.05, 3.63) is 59.4 Å². The molecule has 1 aliphatic heterocycles. The number of anilines is 1. The fourth-order valence-corrected chi connectivity index (χ4v) is 2.68. The van der Waals surface area contributed by atoms with Gasteiger partial charge in [0.25, 0.3) is 12.4 Å². The fraction of sp³-hybridized carbons (Fsp3) is 0.200. The average Bonchev–Trinajstić information content (AvgIpc) is 3.09. The molecule has 0 atom stereocenters. The van der Waals surface area contributed by atoms with Crippen molar-refractivity contribution < 1.29 is 29.1 Å². The minimum absolute atomic E-state index is 0.0345. The molecule has 162 valence electrons. The summed E-state index contributed by atoms with van der Waals surface area (Å²) in [6.45, 7) is 1.78. The normalized spacial score (nSPS) is 12.4. The summed E-state index contributed by atoms with van der Waals surface area (Å²) in [5.41, 5.74) is 2.52. The topological polar surface area (TPSA) is 158 Å². The maximum absolute atomic E-state index is 12.3. The summed E-state index contributed by atoms with van der Waals surface area (Å²) in [7, 11) is 0. The number of nitrogens with zero attached hydrogens (tertiary/aromatic N) is 2. The van der Waals surface area contributed by atoms with Crippen molar-refractivity contribution in [3.63, 3.8) is 0 Å².